The second kappa shape index (κ2) is 5.27. The molecule has 1 N–H and O–H groups in total. The molecule has 0 unspecified atom stereocenters. The van der Waals surface area contributed by atoms with Crippen molar-refractivity contribution in [2.24, 2.45) is 5.92 Å². The zero-order chi connectivity index (χ0) is 12.3. The van der Waals surface area contributed by atoms with Crippen LogP contribution < -0.4 is 5.32 Å². The Morgan fingerprint density at radius 2 is 2.12 bits per heavy atom. The number of aromatic nitrogens is 3. The second-order valence-corrected chi connectivity index (χ2v) is 4.60. The van der Waals surface area contributed by atoms with Crippen molar-refractivity contribution >= 4 is 5.65 Å². The minimum absolute atomic E-state index is 0.496. The molecular weight excluding hydrogens is 212 g/mol. The number of hydrogen-bond acceptors (Lipinski definition) is 3. The molecule has 0 aliphatic heterocycles. The van der Waals surface area contributed by atoms with Gasteiger partial charge < -0.3 is 5.32 Å². The highest BCUT2D eigenvalue weighted by Gasteiger charge is 2.11. The summed E-state index contributed by atoms with van der Waals surface area (Å²) in [5.41, 5.74) is 0.903. The summed E-state index contributed by atoms with van der Waals surface area (Å²) in [7, 11) is 0. The van der Waals surface area contributed by atoms with E-state index < -0.39 is 0 Å². The fourth-order valence-corrected chi connectivity index (χ4v) is 1.82. The van der Waals surface area contributed by atoms with Gasteiger partial charge in [0.15, 0.2) is 11.5 Å². The fourth-order valence-electron chi connectivity index (χ4n) is 1.82. The smallest absolute Gasteiger partial charge is 0.160 e. The van der Waals surface area contributed by atoms with Crippen LogP contribution in [0.15, 0.2) is 24.4 Å². The summed E-state index contributed by atoms with van der Waals surface area (Å²) < 4.78 is 2.02. The summed E-state index contributed by atoms with van der Waals surface area (Å²) >= 11 is 0. The molecule has 0 saturated heterocycles. The predicted molar refractivity (Wildman–Crippen MR) is 68.7 cm³/mol. The molecule has 92 valence electrons. The Morgan fingerprint density at radius 1 is 1.29 bits per heavy atom. The molecule has 4 heteroatoms. The van der Waals surface area contributed by atoms with E-state index in [1.807, 2.05) is 28.8 Å². The molecular formula is C13H20N4. The van der Waals surface area contributed by atoms with Gasteiger partial charge in [-0.25, -0.2) is 0 Å². The first kappa shape index (κ1) is 12.0. The molecule has 17 heavy (non-hydrogen) atoms. The maximum atomic E-state index is 4.20. The van der Waals surface area contributed by atoms with Crippen LogP contribution in [0.4, 0.5) is 0 Å². The summed E-state index contributed by atoms with van der Waals surface area (Å²) in [5, 5.41) is 11.8. The van der Waals surface area contributed by atoms with E-state index in [4.69, 9.17) is 0 Å². The summed E-state index contributed by atoms with van der Waals surface area (Å²) in [6, 6.07) is 6.44. The quantitative estimate of drug-likeness (QED) is 0.859. The Bertz CT molecular complexity index is 477. The molecule has 0 fully saturated rings. The Kier molecular flexibility index (Phi) is 3.74. The molecule has 2 heterocycles. The lowest BCUT2D eigenvalue weighted by Gasteiger charge is -2.19. The molecule has 4 nitrogen and oxygen atoms in total. The second-order valence-electron chi connectivity index (χ2n) is 4.60. The molecule has 0 aliphatic rings. The van der Waals surface area contributed by atoms with Gasteiger partial charge in [-0.1, -0.05) is 26.3 Å². The largest absolute Gasteiger partial charge is 0.307 e. The van der Waals surface area contributed by atoms with Gasteiger partial charge in [0, 0.05) is 12.2 Å². The van der Waals surface area contributed by atoms with Gasteiger partial charge >= 0.3 is 0 Å². The third-order valence-electron chi connectivity index (χ3n) is 3.46. The number of nitrogens with zero attached hydrogens (tertiary/aromatic N) is 3. The van der Waals surface area contributed by atoms with E-state index in [9.17, 15) is 0 Å². The normalized spacial score (nSPS) is 15.0. The van der Waals surface area contributed by atoms with Crippen LogP contribution in [0.5, 0.6) is 0 Å². The van der Waals surface area contributed by atoms with Crippen molar-refractivity contribution in [3.05, 3.63) is 30.2 Å². The summed E-state index contributed by atoms with van der Waals surface area (Å²) in [4.78, 5) is 0. The van der Waals surface area contributed by atoms with Crippen LogP contribution in [0.1, 0.15) is 33.0 Å². The van der Waals surface area contributed by atoms with Gasteiger partial charge in [0.05, 0.1) is 6.54 Å². The lowest BCUT2D eigenvalue weighted by atomic mass is 10.0. The Morgan fingerprint density at radius 3 is 2.88 bits per heavy atom. The number of pyridine rings is 1. The van der Waals surface area contributed by atoms with Crippen molar-refractivity contribution < 1.29 is 0 Å². The van der Waals surface area contributed by atoms with E-state index in [-0.39, 0.29) is 0 Å². The average Bonchev–Trinajstić information content (AvgIpc) is 2.78. The number of fused-ring (bicyclic) bond motifs is 1. The van der Waals surface area contributed by atoms with Crippen LogP contribution in [0.2, 0.25) is 0 Å². The van der Waals surface area contributed by atoms with Crippen LogP contribution >= 0.6 is 0 Å². The van der Waals surface area contributed by atoms with Gasteiger partial charge in [0.25, 0.3) is 0 Å². The van der Waals surface area contributed by atoms with E-state index in [0.717, 1.165) is 18.0 Å². The standard InChI is InChI=1S/C13H20N4/c1-4-10(2)11(3)14-9-13-16-15-12-7-5-6-8-17(12)13/h5-8,10-11,14H,4,9H2,1-3H3/t10-,11+/m0/s1. The Hall–Kier alpha value is -1.42. The number of hydrogen-bond donors (Lipinski definition) is 1. The van der Waals surface area contributed by atoms with E-state index >= 15 is 0 Å². The van der Waals surface area contributed by atoms with Gasteiger partial charge in [0.2, 0.25) is 0 Å². The van der Waals surface area contributed by atoms with Gasteiger partial charge in [-0.05, 0) is 25.0 Å². The topological polar surface area (TPSA) is 42.2 Å². The van der Waals surface area contributed by atoms with Crippen molar-refractivity contribution in [2.45, 2.75) is 39.8 Å². The van der Waals surface area contributed by atoms with Crippen LogP contribution in [0.3, 0.4) is 0 Å². The van der Waals surface area contributed by atoms with Crippen molar-refractivity contribution in [3.63, 3.8) is 0 Å². The Labute approximate surface area is 102 Å². The number of nitrogens with one attached hydrogen (secondary N) is 1. The molecule has 2 atom stereocenters. The Balaban J connectivity index is 2.04. The van der Waals surface area contributed by atoms with Crippen LogP contribution in [0.25, 0.3) is 5.65 Å². The SMILES string of the molecule is CC[C@H](C)[C@@H](C)NCc1nnc2ccccn12. The van der Waals surface area contributed by atoms with E-state index in [0.29, 0.717) is 12.0 Å². The molecule has 2 aromatic heterocycles. The van der Waals surface area contributed by atoms with Crippen molar-refractivity contribution in [2.75, 3.05) is 0 Å². The minimum atomic E-state index is 0.496. The summed E-state index contributed by atoms with van der Waals surface area (Å²) in [6.07, 6.45) is 3.19. The van der Waals surface area contributed by atoms with E-state index in [1.165, 1.54) is 6.42 Å². The number of rotatable bonds is 5. The monoisotopic (exact) mass is 232 g/mol. The lowest BCUT2D eigenvalue weighted by molar-refractivity contribution is 0.385. The average molecular weight is 232 g/mol. The van der Waals surface area contributed by atoms with Gasteiger partial charge in [-0.15, -0.1) is 10.2 Å². The van der Waals surface area contributed by atoms with Crippen LogP contribution in [-0.4, -0.2) is 20.6 Å². The third kappa shape index (κ3) is 2.64. The van der Waals surface area contributed by atoms with Crippen LogP contribution in [0, 0.1) is 5.92 Å². The third-order valence-corrected chi connectivity index (χ3v) is 3.46. The maximum Gasteiger partial charge on any atom is 0.160 e. The fraction of sp³-hybridized carbons (Fsp3) is 0.538. The molecule has 0 spiro atoms. The van der Waals surface area contributed by atoms with Crippen molar-refractivity contribution in [1.29, 1.82) is 0 Å². The molecule has 0 amide bonds. The molecule has 0 aliphatic carbocycles. The first-order valence-corrected chi connectivity index (χ1v) is 6.24. The molecule has 0 radical (unpaired) electrons. The highest BCUT2D eigenvalue weighted by molar-refractivity contribution is 5.36. The first-order chi connectivity index (χ1) is 8.22. The summed E-state index contributed by atoms with van der Waals surface area (Å²) in [5.74, 6) is 1.64. The van der Waals surface area contributed by atoms with E-state index in [2.05, 4.69) is 36.3 Å². The molecule has 0 bridgehead atoms. The van der Waals surface area contributed by atoms with Gasteiger partial charge in [-0.2, -0.15) is 0 Å². The molecule has 0 saturated carbocycles. The van der Waals surface area contributed by atoms with Crippen LogP contribution in [-0.2, 0) is 6.54 Å². The van der Waals surface area contributed by atoms with Crippen molar-refractivity contribution in [1.82, 2.24) is 19.9 Å². The first-order valence-electron chi connectivity index (χ1n) is 6.24. The van der Waals surface area contributed by atoms with E-state index in [1.54, 1.807) is 0 Å². The molecule has 2 aromatic rings. The zero-order valence-electron chi connectivity index (χ0n) is 10.7. The minimum Gasteiger partial charge on any atom is -0.307 e. The lowest BCUT2D eigenvalue weighted by Crippen LogP contribution is -2.31. The molecule has 2 rings (SSSR count). The van der Waals surface area contributed by atoms with Gasteiger partial charge in [0.1, 0.15) is 0 Å². The molecule has 0 aromatic carbocycles. The predicted octanol–water partition coefficient (Wildman–Crippen LogP) is 2.25. The van der Waals surface area contributed by atoms with Gasteiger partial charge in [-0.3, -0.25) is 4.40 Å². The van der Waals surface area contributed by atoms with Crippen molar-refractivity contribution in [3.8, 4) is 0 Å². The summed E-state index contributed by atoms with van der Waals surface area (Å²) in [6.45, 7) is 7.46. The highest BCUT2D eigenvalue weighted by atomic mass is 15.3. The maximum absolute atomic E-state index is 4.20. The zero-order valence-corrected chi connectivity index (χ0v) is 10.7. The highest BCUT2D eigenvalue weighted by Crippen LogP contribution is 2.08.